The molecule has 196 valence electrons. The summed E-state index contributed by atoms with van der Waals surface area (Å²) in [5, 5.41) is 12.2. The Kier molecular flexibility index (Phi) is 7.81. The van der Waals surface area contributed by atoms with Crippen molar-refractivity contribution in [2.24, 2.45) is 5.92 Å². The number of amides is 1. The highest BCUT2D eigenvalue weighted by Gasteiger charge is 2.33. The molecule has 2 saturated carbocycles. The second kappa shape index (κ2) is 11.2. The highest BCUT2D eigenvalue weighted by molar-refractivity contribution is 6.33. The summed E-state index contributed by atoms with van der Waals surface area (Å²) >= 11 is 6.53. The fourth-order valence-corrected chi connectivity index (χ4v) is 6.20. The predicted molar refractivity (Wildman–Crippen MR) is 151 cm³/mol. The predicted octanol–water partition coefficient (Wildman–Crippen LogP) is 5.84. The highest BCUT2D eigenvalue weighted by Crippen LogP contribution is 2.34. The second-order valence-electron chi connectivity index (χ2n) is 10.9. The van der Waals surface area contributed by atoms with Gasteiger partial charge >= 0.3 is 0 Å². The molecule has 8 heteroatoms. The SMILES string of the molecule is C=CC(=O)N[C@H]1CC[C@H](CN[C@@]2(C)CCC[C@@H](Nc3ncc(Cl)c(-c4c[nH]c5ccccc45)n3)C2)CC1. The normalized spacial score (nSPS) is 26.1. The molecule has 0 unspecified atom stereocenters. The first-order valence-corrected chi connectivity index (χ1v) is 13.8. The van der Waals surface area contributed by atoms with E-state index in [0.29, 0.717) is 22.9 Å². The molecule has 0 saturated heterocycles. The van der Waals surface area contributed by atoms with Crippen LogP contribution in [0.4, 0.5) is 5.95 Å². The van der Waals surface area contributed by atoms with Gasteiger partial charge in [0.15, 0.2) is 0 Å². The van der Waals surface area contributed by atoms with Gasteiger partial charge in [0.25, 0.3) is 0 Å². The van der Waals surface area contributed by atoms with Gasteiger partial charge in [-0.25, -0.2) is 9.97 Å². The largest absolute Gasteiger partial charge is 0.360 e. The number of fused-ring (bicyclic) bond motifs is 1. The van der Waals surface area contributed by atoms with E-state index in [2.05, 4.69) is 51.6 Å². The van der Waals surface area contributed by atoms with Gasteiger partial charge in [-0.2, -0.15) is 0 Å². The molecule has 2 aliphatic rings. The molecule has 7 nitrogen and oxygen atoms in total. The van der Waals surface area contributed by atoms with E-state index in [9.17, 15) is 4.79 Å². The number of rotatable bonds is 8. The number of nitrogens with one attached hydrogen (secondary N) is 4. The minimum atomic E-state index is -0.0620. The molecule has 0 radical (unpaired) electrons. The lowest BCUT2D eigenvalue weighted by molar-refractivity contribution is -0.117. The van der Waals surface area contributed by atoms with Crippen LogP contribution in [0.3, 0.4) is 0 Å². The van der Waals surface area contributed by atoms with Gasteiger partial charge in [-0.15, -0.1) is 0 Å². The first-order valence-electron chi connectivity index (χ1n) is 13.5. The number of benzene rings is 1. The smallest absolute Gasteiger partial charge is 0.243 e. The summed E-state index contributed by atoms with van der Waals surface area (Å²) in [6, 6.07) is 8.75. The molecule has 1 amide bonds. The average Bonchev–Trinajstić information content (AvgIpc) is 3.33. The van der Waals surface area contributed by atoms with Gasteiger partial charge < -0.3 is 20.9 Å². The number of aromatic nitrogens is 3. The van der Waals surface area contributed by atoms with E-state index < -0.39 is 0 Å². The first-order chi connectivity index (χ1) is 17.9. The molecular weight excluding hydrogens is 484 g/mol. The molecule has 1 aromatic carbocycles. The lowest BCUT2D eigenvalue weighted by Crippen LogP contribution is -2.51. The number of H-pyrrole nitrogens is 1. The van der Waals surface area contributed by atoms with Crippen molar-refractivity contribution in [1.29, 1.82) is 0 Å². The number of hydrogen-bond donors (Lipinski definition) is 4. The third kappa shape index (κ3) is 6.16. The summed E-state index contributed by atoms with van der Waals surface area (Å²) in [4.78, 5) is 24.2. The number of hydrogen-bond acceptors (Lipinski definition) is 5. The maximum atomic E-state index is 11.6. The molecule has 4 N–H and O–H groups in total. The first kappa shape index (κ1) is 25.7. The van der Waals surface area contributed by atoms with Crippen LogP contribution in [0.25, 0.3) is 22.2 Å². The number of nitrogens with zero attached hydrogens (tertiary/aromatic N) is 2. The van der Waals surface area contributed by atoms with Gasteiger partial charge in [0.2, 0.25) is 11.9 Å². The van der Waals surface area contributed by atoms with Crippen molar-refractivity contribution in [2.45, 2.75) is 75.9 Å². The zero-order valence-electron chi connectivity index (χ0n) is 21.5. The number of para-hydroxylation sites is 1. The third-order valence-electron chi connectivity index (χ3n) is 8.10. The van der Waals surface area contributed by atoms with Crippen LogP contribution in [0.2, 0.25) is 5.02 Å². The Hall–Kier alpha value is -2.90. The van der Waals surface area contributed by atoms with Crippen molar-refractivity contribution < 1.29 is 4.79 Å². The van der Waals surface area contributed by atoms with Crippen molar-refractivity contribution in [3.05, 3.63) is 54.3 Å². The summed E-state index contributed by atoms with van der Waals surface area (Å²) in [6.45, 7) is 6.92. The molecule has 37 heavy (non-hydrogen) atoms. The van der Waals surface area contributed by atoms with Crippen LogP contribution in [0, 0.1) is 5.92 Å². The van der Waals surface area contributed by atoms with Crippen LogP contribution in [0.1, 0.15) is 58.3 Å². The van der Waals surface area contributed by atoms with E-state index in [1.807, 2.05) is 18.3 Å². The van der Waals surface area contributed by atoms with Gasteiger partial charge in [-0.05, 0) is 82.9 Å². The monoisotopic (exact) mass is 520 g/mol. The minimum absolute atomic E-state index is 0.0620. The van der Waals surface area contributed by atoms with Crippen LogP contribution < -0.4 is 16.0 Å². The Morgan fingerprint density at radius 1 is 1.22 bits per heavy atom. The van der Waals surface area contributed by atoms with Crippen LogP contribution in [0.15, 0.2) is 49.3 Å². The molecule has 5 rings (SSSR count). The third-order valence-corrected chi connectivity index (χ3v) is 8.37. The Bertz CT molecular complexity index is 1250. The van der Waals surface area contributed by atoms with E-state index >= 15 is 0 Å². The summed E-state index contributed by atoms with van der Waals surface area (Å²) in [7, 11) is 0. The van der Waals surface area contributed by atoms with Gasteiger partial charge in [0.05, 0.1) is 16.9 Å². The molecule has 2 aromatic heterocycles. The van der Waals surface area contributed by atoms with E-state index in [0.717, 1.165) is 80.1 Å². The zero-order valence-corrected chi connectivity index (χ0v) is 22.3. The summed E-state index contributed by atoms with van der Waals surface area (Å²) in [5.41, 5.74) is 2.87. The van der Waals surface area contributed by atoms with Crippen molar-refractivity contribution in [2.75, 3.05) is 11.9 Å². The van der Waals surface area contributed by atoms with E-state index in [-0.39, 0.29) is 17.5 Å². The molecular formula is C29H37ClN6O. The second-order valence-corrected chi connectivity index (χ2v) is 11.4. The Morgan fingerprint density at radius 2 is 2.03 bits per heavy atom. The number of carbonyl (C=O) groups is 1. The molecule has 2 heterocycles. The molecule has 3 aromatic rings. The highest BCUT2D eigenvalue weighted by atomic mass is 35.5. The minimum Gasteiger partial charge on any atom is -0.360 e. The Morgan fingerprint density at radius 3 is 2.84 bits per heavy atom. The van der Waals surface area contributed by atoms with Crippen LogP contribution in [-0.2, 0) is 4.79 Å². The average molecular weight is 521 g/mol. The van der Waals surface area contributed by atoms with Crippen LogP contribution in [-0.4, -0.2) is 45.0 Å². The molecule has 2 fully saturated rings. The summed E-state index contributed by atoms with van der Waals surface area (Å²) in [6.07, 6.45) is 13.8. The van der Waals surface area contributed by atoms with E-state index in [1.165, 1.54) is 6.08 Å². The molecule has 0 spiro atoms. The molecule has 2 atom stereocenters. The number of carbonyl (C=O) groups excluding carboxylic acids is 1. The van der Waals surface area contributed by atoms with Crippen molar-refractivity contribution >= 4 is 34.4 Å². The molecule has 0 aliphatic heterocycles. The van der Waals surface area contributed by atoms with Gasteiger partial charge in [-0.1, -0.05) is 36.4 Å². The van der Waals surface area contributed by atoms with E-state index in [1.54, 1.807) is 6.20 Å². The Labute approximate surface area is 223 Å². The van der Waals surface area contributed by atoms with Crippen molar-refractivity contribution in [1.82, 2.24) is 25.6 Å². The quantitative estimate of drug-likeness (QED) is 0.280. The summed E-state index contributed by atoms with van der Waals surface area (Å²) in [5.74, 6) is 1.22. The van der Waals surface area contributed by atoms with Gasteiger partial charge in [-0.3, -0.25) is 4.79 Å². The van der Waals surface area contributed by atoms with Gasteiger partial charge in [0.1, 0.15) is 0 Å². The molecule has 0 bridgehead atoms. The van der Waals surface area contributed by atoms with Crippen molar-refractivity contribution in [3.8, 4) is 11.3 Å². The number of anilines is 1. The number of aromatic amines is 1. The van der Waals surface area contributed by atoms with Crippen LogP contribution in [0.5, 0.6) is 0 Å². The fraction of sp³-hybridized carbons (Fsp3) is 0.483. The maximum Gasteiger partial charge on any atom is 0.243 e. The Balaban J connectivity index is 1.18. The summed E-state index contributed by atoms with van der Waals surface area (Å²) < 4.78 is 0. The fourth-order valence-electron chi connectivity index (χ4n) is 6.01. The number of halogens is 1. The standard InChI is InChI=1S/C29H37ClN6O/c1-3-26(37)34-20-12-10-19(11-13-20)16-33-29(2)14-6-7-21(15-29)35-28-32-18-24(30)27(36-28)23-17-31-25-9-5-4-8-22(23)25/h3-5,8-9,17-21,31,33H,1,6-7,10-16H2,2H3,(H,34,37)(H,32,35,36)/t19-,20-,21-,29+/m1/s1. The van der Waals surface area contributed by atoms with Crippen molar-refractivity contribution in [3.63, 3.8) is 0 Å². The zero-order chi connectivity index (χ0) is 25.8. The van der Waals surface area contributed by atoms with Gasteiger partial charge in [0, 0.05) is 40.3 Å². The van der Waals surface area contributed by atoms with Crippen LogP contribution >= 0.6 is 11.6 Å². The lowest BCUT2D eigenvalue weighted by Gasteiger charge is -2.41. The maximum absolute atomic E-state index is 11.6. The lowest BCUT2D eigenvalue weighted by atomic mass is 9.79. The topological polar surface area (TPSA) is 94.7 Å². The van der Waals surface area contributed by atoms with E-state index in [4.69, 9.17) is 16.6 Å². The molecule has 2 aliphatic carbocycles.